The van der Waals surface area contributed by atoms with Gasteiger partial charge in [-0.15, -0.1) is 0 Å². The molecular weight excluding hydrogens is 250 g/mol. The van der Waals surface area contributed by atoms with Crippen LogP contribution in [0.25, 0.3) is 0 Å². The number of aliphatic hydroxyl groups is 1. The predicted molar refractivity (Wildman–Crippen MR) is 81.8 cm³/mol. The van der Waals surface area contributed by atoms with Crippen molar-refractivity contribution in [1.82, 2.24) is 15.1 Å². The lowest BCUT2D eigenvalue weighted by molar-refractivity contribution is 0.0535. The topological polar surface area (TPSA) is 38.7 Å². The SMILES string of the molecule is CC(C)NC(CO)(CN1CCN(C2CC2)CC1)C1CC1. The molecule has 3 aliphatic rings. The van der Waals surface area contributed by atoms with Crippen molar-refractivity contribution in [2.24, 2.45) is 5.92 Å². The minimum atomic E-state index is -0.0596. The molecular formula is C16H31N3O. The summed E-state index contributed by atoms with van der Waals surface area (Å²) in [7, 11) is 0. The second-order valence-electron chi connectivity index (χ2n) is 7.43. The molecule has 1 heterocycles. The van der Waals surface area contributed by atoms with Crippen LogP contribution in [0.15, 0.2) is 0 Å². The second-order valence-corrected chi connectivity index (χ2v) is 7.43. The average molecular weight is 281 g/mol. The molecule has 0 aromatic carbocycles. The third kappa shape index (κ3) is 3.35. The van der Waals surface area contributed by atoms with Crippen molar-refractivity contribution < 1.29 is 5.11 Å². The van der Waals surface area contributed by atoms with Crippen molar-refractivity contribution in [1.29, 1.82) is 0 Å². The van der Waals surface area contributed by atoms with E-state index in [4.69, 9.17) is 0 Å². The van der Waals surface area contributed by atoms with Crippen LogP contribution in [0.2, 0.25) is 0 Å². The first-order chi connectivity index (χ1) is 9.63. The van der Waals surface area contributed by atoms with E-state index in [0.717, 1.165) is 12.6 Å². The molecule has 3 fully saturated rings. The fraction of sp³-hybridized carbons (Fsp3) is 1.00. The van der Waals surface area contributed by atoms with Crippen molar-refractivity contribution in [3.8, 4) is 0 Å². The molecule has 2 N–H and O–H groups in total. The van der Waals surface area contributed by atoms with E-state index in [2.05, 4.69) is 29.0 Å². The van der Waals surface area contributed by atoms with Crippen LogP contribution in [0.4, 0.5) is 0 Å². The Kier molecular flexibility index (Phi) is 4.37. The summed E-state index contributed by atoms with van der Waals surface area (Å²) in [5.41, 5.74) is -0.0596. The van der Waals surface area contributed by atoms with Gasteiger partial charge in [0.2, 0.25) is 0 Å². The van der Waals surface area contributed by atoms with Gasteiger partial charge in [0.25, 0.3) is 0 Å². The average Bonchev–Trinajstić information content (AvgIpc) is 3.30. The molecule has 1 saturated heterocycles. The molecule has 2 saturated carbocycles. The van der Waals surface area contributed by atoms with Crippen LogP contribution in [-0.4, -0.2) is 71.9 Å². The van der Waals surface area contributed by atoms with Crippen molar-refractivity contribution in [2.45, 2.75) is 57.2 Å². The Morgan fingerprint density at radius 1 is 1.10 bits per heavy atom. The van der Waals surface area contributed by atoms with E-state index >= 15 is 0 Å². The molecule has 3 rings (SSSR count). The van der Waals surface area contributed by atoms with E-state index in [1.165, 1.54) is 51.9 Å². The quantitative estimate of drug-likeness (QED) is 0.727. The maximum Gasteiger partial charge on any atom is 0.0628 e. The van der Waals surface area contributed by atoms with Crippen LogP contribution in [0, 0.1) is 5.92 Å². The van der Waals surface area contributed by atoms with Crippen LogP contribution < -0.4 is 5.32 Å². The van der Waals surface area contributed by atoms with E-state index in [-0.39, 0.29) is 12.1 Å². The Morgan fingerprint density at radius 2 is 1.75 bits per heavy atom. The molecule has 2 aliphatic carbocycles. The fourth-order valence-electron chi connectivity index (χ4n) is 3.85. The molecule has 20 heavy (non-hydrogen) atoms. The largest absolute Gasteiger partial charge is 0.394 e. The Morgan fingerprint density at radius 3 is 2.20 bits per heavy atom. The first-order valence-electron chi connectivity index (χ1n) is 8.48. The van der Waals surface area contributed by atoms with Crippen LogP contribution in [0.3, 0.4) is 0 Å². The monoisotopic (exact) mass is 281 g/mol. The minimum Gasteiger partial charge on any atom is -0.394 e. The molecule has 1 atom stereocenters. The van der Waals surface area contributed by atoms with Crippen LogP contribution >= 0.6 is 0 Å². The smallest absolute Gasteiger partial charge is 0.0628 e. The van der Waals surface area contributed by atoms with E-state index in [1.54, 1.807) is 0 Å². The van der Waals surface area contributed by atoms with E-state index in [1.807, 2.05) is 0 Å². The summed E-state index contributed by atoms with van der Waals surface area (Å²) >= 11 is 0. The predicted octanol–water partition coefficient (Wildman–Crippen LogP) is 0.906. The van der Waals surface area contributed by atoms with Crippen LogP contribution in [0.5, 0.6) is 0 Å². The number of nitrogens with zero attached hydrogens (tertiary/aromatic N) is 2. The highest BCUT2D eigenvalue weighted by Gasteiger charge is 2.46. The third-order valence-corrected chi connectivity index (χ3v) is 5.19. The van der Waals surface area contributed by atoms with E-state index in [9.17, 15) is 5.11 Å². The zero-order valence-electron chi connectivity index (χ0n) is 13.1. The summed E-state index contributed by atoms with van der Waals surface area (Å²) in [6.07, 6.45) is 5.39. The van der Waals surface area contributed by atoms with Gasteiger partial charge in [-0.2, -0.15) is 0 Å². The summed E-state index contributed by atoms with van der Waals surface area (Å²) in [6, 6.07) is 1.34. The highest BCUT2D eigenvalue weighted by molar-refractivity contribution is 5.04. The minimum absolute atomic E-state index is 0.0596. The van der Waals surface area contributed by atoms with Gasteiger partial charge in [0.05, 0.1) is 12.1 Å². The molecule has 0 radical (unpaired) electrons. The number of hydrogen-bond acceptors (Lipinski definition) is 4. The normalized spacial score (nSPS) is 28.8. The number of hydrogen-bond donors (Lipinski definition) is 2. The number of rotatable bonds is 7. The lowest BCUT2D eigenvalue weighted by Gasteiger charge is -2.43. The van der Waals surface area contributed by atoms with E-state index in [0.29, 0.717) is 12.0 Å². The fourth-order valence-corrected chi connectivity index (χ4v) is 3.85. The first-order valence-corrected chi connectivity index (χ1v) is 8.48. The molecule has 4 heteroatoms. The van der Waals surface area contributed by atoms with Gasteiger partial charge in [-0.25, -0.2) is 0 Å². The molecule has 4 nitrogen and oxygen atoms in total. The number of piperazine rings is 1. The maximum absolute atomic E-state index is 10.0. The summed E-state index contributed by atoms with van der Waals surface area (Å²) < 4.78 is 0. The summed E-state index contributed by atoms with van der Waals surface area (Å²) in [4.78, 5) is 5.23. The van der Waals surface area contributed by atoms with Crippen LogP contribution in [-0.2, 0) is 0 Å². The Hall–Kier alpha value is -0.160. The Balaban J connectivity index is 1.55. The Bertz CT molecular complexity index is 320. The standard InChI is InChI=1S/C16H31N3O/c1-13(2)17-16(12-20,14-3-4-14)11-18-7-9-19(10-8-18)15-5-6-15/h13-15,17,20H,3-12H2,1-2H3. The van der Waals surface area contributed by atoms with Gasteiger partial charge in [-0.1, -0.05) is 13.8 Å². The maximum atomic E-state index is 10.0. The first kappa shape index (κ1) is 14.8. The molecule has 0 bridgehead atoms. The second kappa shape index (κ2) is 5.91. The van der Waals surface area contributed by atoms with Crippen molar-refractivity contribution >= 4 is 0 Å². The van der Waals surface area contributed by atoms with Gasteiger partial charge in [0, 0.05) is 44.8 Å². The van der Waals surface area contributed by atoms with Crippen molar-refractivity contribution in [3.05, 3.63) is 0 Å². The van der Waals surface area contributed by atoms with Gasteiger partial charge < -0.3 is 10.4 Å². The summed E-state index contributed by atoms with van der Waals surface area (Å²) in [5.74, 6) is 0.677. The summed E-state index contributed by atoms with van der Waals surface area (Å²) in [5, 5.41) is 13.7. The molecule has 0 amide bonds. The van der Waals surface area contributed by atoms with Gasteiger partial charge in [0.15, 0.2) is 0 Å². The third-order valence-electron chi connectivity index (χ3n) is 5.19. The lowest BCUT2D eigenvalue weighted by atomic mass is 9.92. The van der Waals surface area contributed by atoms with Crippen LogP contribution in [0.1, 0.15) is 39.5 Å². The highest BCUT2D eigenvalue weighted by Crippen LogP contribution is 2.40. The van der Waals surface area contributed by atoms with Gasteiger partial charge >= 0.3 is 0 Å². The molecule has 1 aliphatic heterocycles. The summed E-state index contributed by atoms with van der Waals surface area (Å²) in [6.45, 7) is 10.5. The zero-order valence-corrected chi connectivity index (χ0v) is 13.1. The number of aliphatic hydroxyl groups excluding tert-OH is 1. The molecule has 116 valence electrons. The van der Waals surface area contributed by atoms with Crippen molar-refractivity contribution in [3.63, 3.8) is 0 Å². The van der Waals surface area contributed by atoms with Crippen molar-refractivity contribution in [2.75, 3.05) is 39.3 Å². The zero-order chi connectivity index (χ0) is 14.2. The Labute approximate surface area is 123 Å². The van der Waals surface area contributed by atoms with Gasteiger partial charge in [0.1, 0.15) is 0 Å². The van der Waals surface area contributed by atoms with Gasteiger partial charge in [-0.3, -0.25) is 9.80 Å². The number of nitrogens with one attached hydrogen (secondary N) is 1. The highest BCUT2D eigenvalue weighted by atomic mass is 16.3. The molecule has 0 spiro atoms. The molecule has 0 aromatic heterocycles. The molecule has 0 aromatic rings. The lowest BCUT2D eigenvalue weighted by Crippen LogP contribution is -2.62. The molecule has 1 unspecified atom stereocenters. The van der Waals surface area contributed by atoms with Gasteiger partial charge in [-0.05, 0) is 31.6 Å². The van der Waals surface area contributed by atoms with E-state index < -0.39 is 0 Å².